The number of carbonyl (C=O) groups is 2. The van der Waals surface area contributed by atoms with Crippen molar-refractivity contribution in [3.63, 3.8) is 0 Å². The molecule has 0 atom stereocenters. The molecule has 0 radical (unpaired) electrons. The molecule has 4 nitrogen and oxygen atoms in total. The molecule has 4 heteroatoms. The Bertz CT molecular complexity index is 234. The topological polar surface area (TPSA) is 46.6 Å². The highest BCUT2D eigenvalue weighted by Crippen LogP contribution is 2.13. The summed E-state index contributed by atoms with van der Waals surface area (Å²) in [6.45, 7) is 6.49. The summed E-state index contributed by atoms with van der Waals surface area (Å²) in [6, 6.07) is 0. The molecule has 1 aliphatic heterocycles. The second-order valence-corrected chi connectivity index (χ2v) is 4.51. The van der Waals surface area contributed by atoms with Crippen LogP contribution in [0.5, 0.6) is 0 Å². The lowest BCUT2D eigenvalue weighted by Gasteiger charge is -2.29. The van der Waals surface area contributed by atoms with Crippen LogP contribution in [0.3, 0.4) is 0 Å². The average molecular weight is 247 g/mol. The van der Waals surface area contributed by atoms with Crippen molar-refractivity contribution in [1.82, 2.24) is 4.90 Å². The standard InChI is InChI=1S/C10H17NO3.3CH4/c1-10(2,3)14-9(13)11-6-4-8(12)5-7-11;;;/h4-7H2,1-3H3;3*1H4. The van der Waals surface area contributed by atoms with E-state index in [1.165, 1.54) is 0 Å². The van der Waals surface area contributed by atoms with Crippen LogP contribution in [-0.2, 0) is 9.53 Å². The van der Waals surface area contributed by atoms with E-state index in [4.69, 9.17) is 4.74 Å². The molecule has 1 rings (SSSR count). The van der Waals surface area contributed by atoms with Crippen molar-refractivity contribution in [2.45, 2.75) is 61.5 Å². The SMILES string of the molecule is C.C.C.CC(C)(C)OC(=O)N1CCC(=O)CC1. The summed E-state index contributed by atoms with van der Waals surface area (Å²) >= 11 is 0. The van der Waals surface area contributed by atoms with Gasteiger partial charge in [0, 0.05) is 25.9 Å². The lowest BCUT2D eigenvalue weighted by atomic mass is 10.1. The number of Topliss-reactive ketones (excluding diaryl/α,β-unsaturated/α-hetero) is 1. The maximum absolute atomic E-state index is 11.5. The maximum atomic E-state index is 11.5. The van der Waals surface area contributed by atoms with E-state index in [1.54, 1.807) is 4.90 Å². The van der Waals surface area contributed by atoms with Crippen molar-refractivity contribution in [1.29, 1.82) is 0 Å². The molecule has 1 heterocycles. The van der Waals surface area contributed by atoms with E-state index in [1.807, 2.05) is 20.8 Å². The van der Waals surface area contributed by atoms with Gasteiger partial charge in [-0.05, 0) is 20.8 Å². The molecule has 1 aliphatic rings. The van der Waals surface area contributed by atoms with Crippen LogP contribution in [0.25, 0.3) is 0 Å². The smallest absolute Gasteiger partial charge is 0.410 e. The molecular formula is C13H29NO3. The highest BCUT2D eigenvalue weighted by atomic mass is 16.6. The first-order valence-electron chi connectivity index (χ1n) is 4.88. The molecule has 0 saturated carbocycles. The Morgan fingerprint density at radius 1 is 1.12 bits per heavy atom. The molecular weight excluding hydrogens is 218 g/mol. The molecule has 0 bridgehead atoms. The molecule has 0 N–H and O–H groups in total. The Morgan fingerprint density at radius 3 is 1.88 bits per heavy atom. The molecule has 17 heavy (non-hydrogen) atoms. The number of ether oxygens (including phenoxy) is 1. The van der Waals surface area contributed by atoms with Gasteiger partial charge in [0.2, 0.25) is 0 Å². The second kappa shape index (κ2) is 8.09. The van der Waals surface area contributed by atoms with E-state index in [0.717, 1.165) is 0 Å². The predicted octanol–water partition coefficient (Wildman–Crippen LogP) is 3.49. The fourth-order valence-corrected chi connectivity index (χ4v) is 1.27. The summed E-state index contributed by atoms with van der Waals surface area (Å²) in [5, 5.41) is 0. The van der Waals surface area contributed by atoms with Crippen LogP contribution in [0.15, 0.2) is 0 Å². The van der Waals surface area contributed by atoms with Crippen molar-refractivity contribution in [2.24, 2.45) is 0 Å². The second-order valence-electron chi connectivity index (χ2n) is 4.51. The highest BCUT2D eigenvalue weighted by Gasteiger charge is 2.25. The van der Waals surface area contributed by atoms with Gasteiger partial charge in [-0.1, -0.05) is 22.3 Å². The van der Waals surface area contributed by atoms with Gasteiger partial charge in [-0.15, -0.1) is 0 Å². The van der Waals surface area contributed by atoms with Gasteiger partial charge in [0.1, 0.15) is 11.4 Å². The third kappa shape index (κ3) is 7.77. The molecule has 0 aliphatic carbocycles. The van der Waals surface area contributed by atoms with Crippen molar-refractivity contribution in [3.05, 3.63) is 0 Å². The van der Waals surface area contributed by atoms with E-state index < -0.39 is 5.60 Å². The molecule has 1 amide bonds. The summed E-state index contributed by atoms with van der Waals surface area (Å²) in [6.07, 6.45) is 0.600. The van der Waals surface area contributed by atoms with Crippen LogP contribution < -0.4 is 0 Å². The van der Waals surface area contributed by atoms with Gasteiger partial charge < -0.3 is 9.64 Å². The van der Waals surface area contributed by atoms with Crippen LogP contribution in [0.1, 0.15) is 55.9 Å². The van der Waals surface area contributed by atoms with Crippen LogP contribution in [0.2, 0.25) is 0 Å². The van der Waals surface area contributed by atoms with Crippen molar-refractivity contribution in [3.8, 4) is 0 Å². The van der Waals surface area contributed by atoms with Gasteiger partial charge in [0.05, 0.1) is 0 Å². The molecule has 0 aromatic rings. The number of carbonyl (C=O) groups excluding carboxylic acids is 2. The fraction of sp³-hybridized carbons (Fsp3) is 0.846. The normalized spacial score (nSPS) is 15.0. The summed E-state index contributed by atoms with van der Waals surface area (Å²) in [7, 11) is 0. The zero-order valence-corrected chi connectivity index (χ0v) is 9.00. The first-order valence-corrected chi connectivity index (χ1v) is 4.88. The van der Waals surface area contributed by atoms with Gasteiger partial charge in [-0.3, -0.25) is 4.79 Å². The Labute approximate surface area is 106 Å². The summed E-state index contributed by atoms with van der Waals surface area (Å²) in [5.41, 5.74) is -0.460. The maximum Gasteiger partial charge on any atom is 0.410 e. The third-order valence-corrected chi connectivity index (χ3v) is 1.97. The van der Waals surface area contributed by atoms with E-state index >= 15 is 0 Å². The summed E-state index contributed by atoms with van der Waals surface area (Å²) in [5.74, 6) is 0.227. The van der Waals surface area contributed by atoms with E-state index in [9.17, 15) is 9.59 Å². The van der Waals surface area contributed by atoms with Crippen LogP contribution in [-0.4, -0.2) is 35.5 Å². The zero-order valence-electron chi connectivity index (χ0n) is 9.00. The minimum absolute atomic E-state index is 0. The van der Waals surface area contributed by atoms with E-state index in [2.05, 4.69) is 0 Å². The van der Waals surface area contributed by atoms with Gasteiger partial charge in [0.25, 0.3) is 0 Å². The quantitative estimate of drug-likeness (QED) is 0.658. The number of hydrogen-bond acceptors (Lipinski definition) is 3. The number of rotatable bonds is 0. The number of nitrogens with zero attached hydrogens (tertiary/aromatic N) is 1. The Kier molecular flexibility index (Phi) is 10.1. The Hall–Kier alpha value is -1.06. The third-order valence-electron chi connectivity index (χ3n) is 1.97. The van der Waals surface area contributed by atoms with Gasteiger partial charge >= 0.3 is 6.09 Å². The first kappa shape index (κ1) is 21.2. The highest BCUT2D eigenvalue weighted by molar-refractivity contribution is 5.81. The van der Waals surface area contributed by atoms with E-state index in [-0.39, 0.29) is 34.2 Å². The number of ketones is 1. The number of amides is 1. The fourth-order valence-electron chi connectivity index (χ4n) is 1.27. The largest absolute Gasteiger partial charge is 0.444 e. The predicted molar refractivity (Wildman–Crippen MR) is 72.2 cm³/mol. The summed E-state index contributed by atoms with van der Waals surface area (Å²) in [4.78, 5) is 24.0. The van der Waals surface area contributed by atoms with Gasteiger partial charge in [-0.25, -0.2) is 4.79 Å². The molecule has 1 saturated heterocycles. The minimum atomic E-state index is -0.460. The van der Waals surface area contributed by atoms with Crippen molar-refractivity contribution >= 4 is 11.9 Å². The lowest BCUT2D eigenvalue weighted by Crippen LogP contribution is -2.41. The van der Waals surface area contributed by atoms with Crippen LogP contribution in [0.4, 0.5) is 4.79 Å². The van der Waals surface area contributed by atoms with Gasteiger partial charge in [-0.2, -0.15) is 0 Å². The number of piperidine rings is 1. The zero-order chi connectivity index (χ0) is 10.8. The van der Waals surface area contributed by atoms with Crippen molar-refractivity contribution < 1.29 is 14.3 Å². The Balaban J connectivity index is -0.000000653. The van der Waals surface area contributed by atoms with Gasteiger partial charge in [0.15, 0.2) is 0 Å². The molecule has 1 fully saturated rings. The monoisotopic (exact) mass is 247 g/mol. The van der Waals surface area contributed by atoms with Crippen molar-refractivity contribution in [2.75, 3.05) is 13.1 Å². The van der Waals surface area contributed by atoms with Crippen LogP contribution in [0, 0.1) is 0 Å². The molecule has 0 unspecified atom stereocenters. The van der Waals surface area contributed by atoms with Crippen LogP contribution >= 0.6 is 0 Å². The summed E-state index contributed by atoms with van der Waals surface area (Å²) < 4.78 is 5.19. The molecule has 104 valence electrons. The number of likely N-dealkylation sites (tertiary alicyclic amines) is 1. The first-order chi connectivity index (χ1) is 6.38. The Morgan fingerprint density at radius 2 is 1.53 bits per heavy atom. The molecule has 0 aromatic carbocycles. The molecule has 0 aromatic heterocycles. The minimum Gasteiger partial charge on any atom is -0.444 e. The molecule has 0 spiro atoms. The average Bonchev–Trinajstić information content (AvgIpc) is 2.02. The number of hydrogen-bond donors (Lipinski definition) is 0. The lowest BCUT2D eigenvalue weighted by molar-refractivity contribution is -0.121. The van der Waals surface area contributed by atoms with E-state index in [0.29, 0.717) is 25.9 Å².